The van der Waals surface area contributed by atoms with Crippen LogP contribution in [0.4, 0.5) is 11.4 Å². The van der Waals surface area contributed by atoms with E-state index >= 15 is 0 Å². The normalized spacial score (nSPS) is 11.2. The van der Waals surface area contributed by atoms with Gasteiger partial charge < -0.3 is 14.2 Å². The Morgan fingerprint density at radius 3 is 2.50 bits per heavy atom. The Morgan fingerprint density at radius 1 is 0.882 bits per heavy atom. The molecular formula is C26H18N2O6. The number of rotatable bonds is 8. The molecule has 1 N–H and O–H groups in total. The van der Waals surface area contributed by atoms with E-state index in [4.69, 9.17) is 8.83 Å². The van der Waals surface area contributed by atoms with Crippen LogP contribution in [0.15, 0.2) is 100 Å². The first kappa shape index (κ1) is 22.2. The Kier molecular flexibility index (Phi) is 6.60. The number of carbonyl (C=O) groups is 2. The fraction of sp³-hybridized carbons (Fsp3) is 0. The maximum absolute atomic E-state index is 12.6. The van der Waals surface area contributed by atoms with Crippen LogP contribution in [-0.2, 0) is 4.79 Å². The minimum absolute atomic E-state index is 0.0374. The number of ketones is 1. The van der Waals surface area contributed by atoms with Crippen molar-refractivity contribution in [2.75, 3.05) is 5.32 Å². The van der Waals surface area contributed by atoms with E-state index in [0.717, 1.165) is 0 Å². The number of nitro benzene ring substituents is 1. The molecule has 168 valence electrons. The number of allylic oxidation sites excluding steroid dienone is 1. The first-order valence-electron chi connectivity index (χ1n) is 10.2. The van der Waals surface area contributed by atoms with Crippen LogP contribution in [0.25, 0.3) is 23.5 Å². The standard InChI is InChI=1S/C26H18N2O6/c29-24(12-9-23-10-13-25(34-23)19-5-2-7-21(17-19)28(31)32)18-4-1-6-20(16-18)27-26(30)14-11-22-8-3-15-33-22/h1-17H,(H,27,30)/b12-9+,14-11+. The van der Waals surface area contributed by atoms with E-state index in [2.05, 4.69) is 5.32 Å². The van der Waals surface area contributed by atoms with Gasteiger partial charge in [-0.3, -0.25) is 19.7 Å². The number of benzene rings is 2. The van der Waals surface area contributed by atoms with Gasteiger partial charge in [-0.05, 0) is 54.6 Å². The molecule has 4 rings (SSSR count). The molecular weight excluding hydrogens is 436 g/mol. The van der Waals surface area contributed by atoms with Crippen molar-refractivity contribution in [1.29, 1.82) is 0 Å². The van der Waals surface area contributed by atoms with Gasteiger partial charge in [0, 0.05) is 35.0 Å². The Balaban J connectivity index is 1.41. The molecule has 0 fully saturated rings. The van der Waals surface area contributed by atoms with Crippen molar-refractivity contribution in [3.05, 3.63) is 118 Å². The van der Waals surface area contributed by atoms with Gasteiger partial charge in [0.25, 0.3) is 5.69 Å². The minimum atomic E-state index is -0.474. The van der Waals surface area contributed by atoms with E-state index < -0.39 is 4.92 Å². The average molecular weight is 454 g/mol. The summed E-state index contributed by atoms with van der Waals surface area (Å²) in [5.74, 6) is 0.776. The molecule has 4 aromatic rings. The number of nitrogens with zero attached hydrogens (tertiary/aromatic N) is 1. The zero-order valence-electron chi connectivity index (χ0n) is 17.7. The summed E-state index contributed by atoms with van der Waals surface area (Å²) in [6, 6.07) is 19.4. The Labute approximate surface area is 194 Å². The van der Waals surface area contributed by atoms with Crippen molar-refractivity contribution in [2.45, 2.75) is 0 Å². The summed E-state index contributed by atoms with van der Waals surface area (Å²) in [5.41, 5.74) is 1.38. The summed E-state index contributed by atoms with van der Waals surface area (Å²) in [4.78, 5) is 35.2. The Bertz CT molecular complexity index is 1400. The summed E-state index contributed by atoms with van der Waals surface area (Å²) in [7, 11) is 0. The number of furan rings is 2. The van der Waals surface area contributed by atoms with E-state index in [1.54, 1.807) is 66.7 Å². The van der Waals surface area contributed by atoms with Gasteiger partial charge in [-0.2, -0.15) is 0 Å². The topological polar surface area (TPSA) is 116 Å². The van der Waals surface area contributed by atoms with Crippen molar-refractivity contribution in [1.82, 2.24) is 0 Å². The average Bonchev–Trinajstić information content (AvgIpc) is 3.54. The van der Waals surface area contributed by atoms with Crippen molar-refractivity contribution in [3.8, 4) is 11.3 Å². The predicted molar refractivity (Wildman–Crippen MR) is 127 cm³/mol. The number of anilines is 1. The lowest BCUT2D eigenvalue weighted by Crippen LogP contribution is -2.08. The van der Waals surface area contributed by atoms with E-state index in [0.29, 0.717) is 34.1 Å². The zero-order valence-corrected chi connectivity index (χ0v) is 17.7. The molecule has 0 aliphatic carbocycles. The molecule has 2 heterocycles. The van der Waals surface area contributed by atoms with Crippen LogP contribution >= 0.6 is 0 Å². The highest BCUT2D eigenvalue weighted by Gasteiger charge is 2.10. The fourth-order valence-electron chi connectivity index (χ4n) is 3.10. The van der Waals surface area contributed by atoms with Gasteiger partial charge in [-0.1, -0.05) is 24.3 Å². The summed E-state index contributed by atoms with van der Waals surface area (Å²) in [6.45, 7) is 0. The fourth-order valence-corrected chi connectivity index (χ4v) is 3.10. The second-order valence-electron chi connectivity index (χ2n) is 7.13. The van der Waals surface area contributed by atoms with Crippen LogP contribution in [0.1, 0.15) is 21.9 Å². The number of hydrogen-bond acceptors (Lipinski definition) is 6. The maximum Gasteiger partial charge on any atom is 0.270 e. The number of amides is 1. The smallest absolute Gasteiger partial charge is 0.270 e. The van der Waals surface area contributed by atoms with E-state index in [1.165, 1.54) is 36.6 Å². The molecule has 0 spiro atoms. The van der Waals surface area contributed by atoms with Crippen LogP contribution in [0.3, 0.4) is 0 Å². The molecule has 2 aromatic carbocycles. The summed E-state index contributed by atoms with van der Waals surface area (Å²) >= 11 is 0. The lowest BCUT2D eigenvalue weighted by molar-refractivity contribution is -0.384. The molecule has 0 unspecified atom stereocenters. The largest absolute Gasteiger partial charge is 0.465 e. The number of hydrogen-bond donors (Lipinski definition) is 1. The molecule has 0 atom stereocenters. The lowest BCUT2D eigenvalue weighted by Gasteiger charge is -2.03. The lowest BCUT2D eigenvalue weighted by atomic mass is 10.1. The predicted octanol–water partition coefficient (Wildman–Crippen LogP) is 6.00. The first-order valence-corrected chi connectivity index (χ1v) is 10.2. The minimum Gasteiger partial charge on any atom is -0.465 e. The van der Waals surface area contributed by atoms with Crippen molar-refractivity contribution in [2.24, 2.45) is 0 Å². The summed E-state index contributed by atoms with van der Waals surface area (Å²) in [5, 5.41) is 13.7. The number of nitro groups is 1. The monoisotopic (exact) mass is 454 g/mol. The van der Waals surface area contributed by atoms with Crippen LogP contribution in [0.2, 0.25) is 0 Å². The van der Waals surface area contributed by atoms with Gasteiger partial charge in [-0.25, -0.2) is 0 Å². The van der Waals surface area contributed by atoms with Crippen molar-refractivity contribution >= 4 is 35.2 Å². The van der Waals surface area contributed by atoms with E-state index in [-0.39, 0.29) is 17.4 Å². The third-order valence-electron chi connectivity index (χ3n) is 4.72. The van der Waals surface area contributed by atoms with Gasteiger partial charge in [0.15, 0.2) is 5.78 Å². The van der Waals surface area contributed by atoms with Crippen LogP contribution in [0, 0.1) is 10.1 Å². The maximum atomic E-state index is 12.6. The molecule has 0 aliphatic rings. The summed E-state index contributed by atoms with van der Waals surface area (Å²) in [6.07, 6.45) is 7.26. The second kappa shape index (κ2) is 10.1. The molecule has 1 amide bonds. The van der Waals surface area contributed by atoms with Crippen molar-refractivity contribution in [3.63, 3.8) is 0 Å². The second-order valence-corrected chi connectivity index (χ2v) is 7.13. The molecule has 8 heteroatoms. The summed E-state index contributed by atoms with van der Waals surface area (Å²) < 4.78 is 10.8. The molecule has 0 aliphatic heterocycles. The molecule has 8 nitrogen and oxygen atoms in total. The first-order chi connectivity index (χ1) is 16.5. The van der Waals surface area contributed by atoms with Gasteiger partial charge in [-0.15, -0.1) is 0 Å². The number of carbonyl (C=O) groups excluding carboxylic acids is 2. The number of nitrogens with one attached hydrogen (secondary N) is 1. The highest BCUT2D eigenvalue weighted by molar-refractivity contribution is 6.08. The van der Waals surface area contributed by atoms with Gasteiger partial charge in [0.05, 0.1) is 11.2 Å². The van der Waals surface area contributed by atoms with Gasteiger partial charge in [0.2, 0.25) is 5.91 Å². The van der Waals surface area contributed by atoms with Gasteiger partial charge >= 0.3 is 0 Å². The molecule has 2 aromatic heterocycles. The van der Waals surface area contributed by atoms with Crippen LogP contribution < -0.4 is 5.32 Å². The Morgan fingerprint density at radius 2 is 1.71 bits per heavy atom. The molecule has 0 radical (unpaired) electrons. The highest BCUT2D eigenvalue weighted by Crippen LogP contribution is 2.26. The third kappa shape index (κ3) is 5.63. The highest BCUT2D eigenvalue weighted by atomic mass is 16.6. The van der Waals surface area contributed by atoms with Gasteiger partial charge in [0.1, 0.15) is 17.3 Å². The van der Waals surface area contributed by atoms with Crippen molar-refractivity contribution < 1.29 is 23.3 Å². The molecule has 0 saturated heterocycles. The zero-order chi connectivity index (χ0) is 23.9. The Hall–Kier alpha value is -4.98. The molecule has 0 bridgehead atoms. The van der Waals surface area contributed by atoms with E-state index in [1.807, 2.05) is 0 Å². The SMILES string of the molecule is O=C(/C=C/c1ccco1)Nc1cccc(C(=O)/C=C/c2ccc(-c3cccc([N+](=O)[O-])c3)o2)c1. The molecule has 0 saturated carbocycles. The van der Waals surface area contributed by atoms with Crippen LogP contribution in [0.5, 0.6) is 0 Å². The van der Waals surface area contributed by atoms with Crippen LogP contribution in [-0.4, -0.2) is 16.6 Å². The quantitative estimate of drug-likeness (QED) is 0.151. The number of non-ortho nitro benzene ring substituents is 1. The molecule has 34 heavy (non-hydrogen) atoms. The third-order valence-corrected chi connectivity index (χ3v) is 4.72. The van der Waals surface area contributed by atoms with E-state index in [9.17, 15) is 19.7 Å².